The van der Waals surface area contributed by atoms with Crippen LogP contribution in [-0.4, -0.2) is 45.8 Å². The molecule has 1 saturated heterocycles. The second-order valence-electron chi connectivity index (χ2n) is 5.94. The lowest BCUT2D eigenvalue weighted by Gasteiger charge is -2.33. The Morgan fingerprint density at radius 2 is 1.86 bits per heavy atom. The molecule has 1 aliphatic rings. The number of ether oxygens (including phenoxy) is 2. The molecule has 4 heteroatoms. The maximum atomic E-state index is 5.41. The second-order valence-corrected chi connectivity index (χ2v) is 5.94. The summed E-state index contributed by atoms with van der Waals surface area (Å²) in [5, 5.41) is 3.43. The van der Waals surface area contributed by atoms with Crippen LogP contribution in [0, 0.1) is 5.92 Å². The van der Waals surface area contributed by atoms with Gasteiger partial charge in [0, 0.05) is 12.6 Å². The smallest absolute Gasteiger partial charge is 0.161 e. The number of rotatable bonds is 6. The van der Waals surface area contributed by atoms with Crippen molar-refractivity contribution in [2.75, 3.05) is 40.9 Å². The molecule has 118 valence electrons. The first kappa shape index (κ1) is 16.1. The fourth-order valence-electron chi connectivity index (χ4n) is 2.94. The lowest BCUT2D eigenvalue weighted by molar-refractivity contribution is 0.177. The third-order valence-corrected chi connectivity index (χ3v) is 4.48. The summed E-state index contributed by atoms with van der Waals surface area (Å²) in [7, 11) is 5.37. The van der Waals surface area contributed by atoms with Crippen LogP contribution in [0.25, 0.3) is 0 Å². The molecule has 4 nitrogen and oxygen atoms in total. The number of piperidine rings is 1. The monoisotopic (exact) mass is 292 g/mol. The van der Waals surface area contributed by atoms with Gasteiger partial charge in [-0.2, -0.15) is 0 Å². The van der Waals surface area contributed by atoms with Crippen molar-refractivity contribution in [2.45, 2.75) is 25.8 Å². The van der Waals surface area contributed by atoms with E-state index in [2.05, 4.69) is 29.3 Å². The number of nitrogens with one attached hydrogen (secondary N) is 1. The van der Waals surface area contributed by atoms with E-state index in [0.717, 1.165) is 24.0 Å². The predicted octanol–water partition coefficient (Wildman–Crippen LogP) is 2.70. The highest BCUT2D eigenvalue weighted by Crippen LogP contribution is 2.30. The van der Waals surface area contributed by atoms with Crippen LogP contribution in [0.15, 0.2) is 18.2 Å². The van der Waals surface area contributed by atoms with E-state index in [9.17, 15) is 0 Å². The van der Waals surface area contributed by atoms with Crippen molar-refractivity contribution >= 4 is 0 Å². The first-order valence-electron chi connectivity index (χ1n) is 7.79. The van der Waals surface area contributed by atoms with Crippen LogP contribution in [0.1, 0.15) is 31.4 Å². The molecule has 1 heterocycles. The van der Waals surface area contributed by atoms with Gasteiger partial charge in [-0.15, -0.1) is 0 Å². The minimum atomic E-state index is 0.318. The Morgan fingerprint density at radius 1 is 1.19 bits per heavy atom. The summed E-state index contributed by atoms with van der Waals surface area (Å²) in [6.45, 7) is 5.79. The molecule has 0 radical (unpaired) electrons. The normalized spacial score (nSPS) is 18.5. The molecule has 0 amide bonds. The Labute approximate surface area is 128 Å². The van der Waals surface area contributed by atoms with Gasteiger partial charge in [0.2, 0.25) is 0 Å². The molecule has 1 atom stereocenters. The quantitative estimate of drug-likeness (QED) is 0.874. The highest BCUT2D eigenvalue weighted by molar-refractivity contribution is 5.43. The van der Waals surface area contributed by atoms with Crippen molar-refractivity contribution in [3.8, 4) is 11.5 Å². The zero-order chi connectivity index (χ0) is 15.2. The Balaban J connectivity index is 2.06. The van der Waals surface area contributed by atoms with E-state index in [4.69, 9.17) is 9.47 Å². The molecule has 1 aromatic rings. The van der Waals surface area contributed by atoms with E-state index in [0.29, 0.717) is 6.04 Å². The van der Waals surface area contributed by atoms with Gasteiger partial charge in [0.15, 0.2) is 11.5 Å². The summed E-state index contributed by atoms with van der Waals surface area (Å²) in [6.07, 6.45) is 2.62. The maximum absolute atomic E-state index is 5.41. The fraction of sp³-hybridized carbons (Fsp3) is 0.647. The van der Waals surface area contributed by atoms with Crippen molar-refractivity contribution < 1.29 is 9.47 Å². The van der Waals surface area contributed by atoms with Gasteiger partial charge in [-0.25, -0.2) is 0 Å². The molecule has 0 saturated carbocycles. The largest absolute Gasteiger partial charge is 0.493 e. The average Bonchev–Trinajstić information content (AvgIpc) is 2.53. The van der Waals surface area contributed by atoms with Gasteiger partial charge < -0.3 is 19.7 Å². The molecule has 0 aliphatic carbocycles. The zero-order valence-corrected chi connectivity index (χ0v) is 13.7. The van der Waals surface area contributed by atoms with Gasteiger partial charge in [0.1, 0.15) is 0 Å². The lowest BCUT2D eigenvalue weighted by Crippen LogP contribution is -2.38. The number of nitrogens with zero attached hydrogens (tertiary/aromatic N) is 1. The molecule has 0 bridgehead atoms. The molecule has 0 spiro atoms. The van der Waals surface area contributed by atoms with Gasteiger partial charge in [0.25, 0.3) is 0 Å². The van der Waals surface area contributed by atoms with Gasteiger partial charge in [-0.05, 0) is 56.6 Å². The topological polar surface area (TPSA) is 33.7 Å². The third kappa shape index (κ3) is 4.11. The minimum absolute atomic E-state index is 0.318. The van der Waals surface area contributed by atoms with Gasteiger partial charge in [-0.3, -0.25) is 0 Å². The number of benzene rings is 1. The summed E-state index contributed by atoms with van der Waals surface area (Å²) < 4.78 is 10.7. The standard InChI is InChI=1S/C17H28N2O2/c1-13-7-9-19(10-8-13)12-15(18-2)14-5-6-16(20-3)17(11-14)21-4/h5-6,11,13,15,18H,7-10,12H2,1-4H3. The van der Waals surface area contributed by atoms with Crippen molar-refractivity contribution in [3.63, 3.8) is 0 Å². The molecule has 21 heavy (non-hydrogen) atoms. The van der Waals surface area contributed by atoms with E-state index in [1.165, 1.54) is 31.5 Å². The number of hydrogen-bond donors (Lipinski definition) is 1. The van der Waals surface area contributed by atoms with Crippen molar-refractivity contribution in [1.29, 1.82) is 0 Å². The Kier molecular flexibility index (Phi) is 5.88. The summed E-state index contributed by atoms with van der Waals surface area (Å²) in [6, 6.07) is 6.50. The predicted molar refractivity (Wildman–Crippen MR) is 86.2 cm³/mol. The maximum Gasteiger partial charge on any atom is 0.161 e. The van der Waals surface area contributed by atoms with E-state index in [1.54, 1.807) is 14.2 Å². The van der Waals surface area contributed by atoms with Gasteiger partial charge >= 0.3 is 0 Å². The van der Waals surface area contributed by atoms with Crippen molar-refractivity contribution in [1.82, 2.24) is 10.2 Å². The molecule has 1 aliphatic heterocycles. The van der Waals surface area contributed by atoms with E-state index < -0.39 is 0 Å². The van der Waals surface area contributed by atoms with Crippen molar-refractivity contribution in [2.24, 2.45) is 5.92 Å². The highest BCUT2D eigenvalue weighted by Gasteiger charge is 2.20. The number of methoxy groups -OCH3 is 2. The molecule has 2 rings (SSSR count). The zero-order valence-electron chi connectivity index (χ0n) is 13.7. The number of hydrogen-bond acceptors (Lipinski definition) is 4. The highest BCUT2D eigenvalue weighted by atomic mass is 16.5. The van der Waals surface area contributed by atoms with Crippen LogP contribution in [0.5, 0.6) is 11.5 Å². The van der Waals surface area contributed by atoms with Gasteiger partial charge in [0.05, 0.1) is 14.2 Å². The summed E-state index contributed by atoms with van der Waals surface area (Å²) in [4.78, 5) is 2.55. The SMILES string of the molecule is CNC(CN1CCC(C)CC1)c1ccc(OC)c(OC)c1. The van der Waals surface area contributed by atoms with Crippen molar-refractivity contribution in [3.05, 3.63) is 23.8 Å². The van der Waals surface area contributed by atoms with Crippen LogP contribution in [-0.2, 0) is 0 Å². The van der Waals surface area contributed by atoms with Crippen LogP contribution < -0.4 is 14.8 Å². The molecule has 0 aromatic heterocycles. The van der Waals surface area contributed by atoms with E-state index in [-0.39, 0.29) is 0 Å². The van der Waals surface area contributed by atoms with Gasteiger partial charge in [-0.1, -0.05) is 13.0 Å². The Bertz CT molecular complexity index is 442. The summed E-state index contributed by atoms with van der Waals surface area (Å²) in [5.74, 6) is 2.45. The molecule has 1 unspecified atom stereocenters. The first-order chi connectivity index (χ1) is 10.2. The third-order valence-electron chi connectivity index (χ3n) is 4.48. The van der Waals surface area contributed by atoms with E-state index in [1.807, 2.05) is 13.1 Å². The molecule has 1 N–H and O–H groups in total. The van der Waals surface area contributed by atoms with Crippen LogP contribution in [0.4, 0.5) is 0 Å². The molecular formula is C17H28N2O2. The van der Waals surface area contributed by atoms with E-state index >= 15 is 0 Å². The van der Waals surface area contributed by atoms with Crippen LogP contribution in [0.2, 0.25) is 0 Å². The Morgan fingerprint density at radius 3 is 2.43 bits per heavy atom. The van der Waals surface area contributed by atoms with Crippen LogP contribution >= 0.6 is 0 Å². The summed E-state index contributed by atoms with van der Waals surface area (Å²) >= 11 is 0. The minimum Gasteiger partial charge on any atom is -0.493 e. The number of likely N-dealkylation sites (N-methyl/N-ethyl adjacent to an activating group) is 1. The molecule has 1 aromatic carbocycles. The second kappa shape index (κ2) is 7.66. The Hall–Kier alpha value is -1.26. The number of likely N-dealkylation sites (tertiary alicyclic amines) is 1. The van der Waals surface area contributed by atoms with Crippen LogP contribution in [0.3, 0.4) is 0 Å². The molecular weight excluding hydrogens is 264 g/mol. The molecule has 1 fully saturated rings. The average molecular weight is 292 g/mol. The first-order valence-corrected chi connectivity index (χ1v) is 7.79. The summed E-state index contributed by atoms with van der Waals surface area (Å²) in [5.41, 5.74) is 1.24. The lowest BCUT2D eigenvalue weighted by atomic mass is 9.98. The fourth-order valence-corrected chi connectivity index (χ4v) is 2.94.